The Morgan fingerprint density at radius 2 is 1.74 bits per heavy atom. The van der Waals surface area contributed by atoms with Crippen molar-refractivity contribution < 1.29 is 36.7 Å². The Kier molecular flexibility index (Phi) is 7.24. The topological polar surface area (TPSA) is 91.9 Å². The number of amides is 2. The molecule has 2 saturated heterocycles. The summed E-state index contributed by atoms with van der Waals surface area (Å²) >= 11 is 0. The molecule has 8 nitrogen and oxygen atoms in total. The molecule has 2 amide bonds. The van der Waals surface area contributed by atoms with Gasteiger partial charge < -0.3 is 24.2 Å². The third kappa shape index (κ3) is 6.07. The van der Waals surface area contributed by atoms with Gasteiger partial charge in [0.05, 0.1) is 12.0 Å². The smallest absolute Gasteiger partial charge is 0.406 e. The number of alkyl halides is 3. The highest BCUT2D eigenvalue weighted by Gasteiger charge is 2.37. The minimum absolute atomic E-state index is 0.187. The van der Waals surface area contributed by atoms with Crippen molar-refractivity contribution in [1.29, 1.82) is 0 Å². The molecule has 2 fully saturated rings. The molecule has 1 N–H and O–H groups in total. The van der Waals surface area contributed by atoms with E-state index in [0.717, 1.165) is 5.56 Å². The van der Waals surface area contributed by atoms with E-state index in [2.05, 4.69) is 14.9 Å². The van der Waals surface area contributed by atoms with Crippen LogP contribution in [0.15, 0.2) is 53.1 Å². The molecule has 2 aromatic carbocycles. The zero-order valence-electron chi connectivity index (χ0n) is 20.3. The Balaban J connectivity index is 1.39. The Labute approximate surface area is 215 Å². The van der Waals surface area contributed by atoms with Crippen LogP contribution in [0.1, 0.15) is 42.6 Å². The molecule has 3 aromatic rings. The van der Waals surface area contributed by atoms with Crippen LogP contribution in [-0.2, 0) is 0 Å². The van der Waals surface area contributed by atoms with Gasteiger partial charge in [-0.05, 0) is 49.1 Å². The molecule has 12 heteroatoms. The summed E-state index contributed by atoms with van der Waals surface area (Å²) in [5, 5.41) is 13.8. The molecular formula is C26H26F4N4O4. The molecule has 0 radical (unpaired) electrons. The van der Waals surface area contributed by atoms with Gasteiger partial charge in [-0.2, -0.15) is 4.98 Å². The second-order valence-corrected chi connectivity index (χ2v) is 9.62. The lowest BCUT2D eigenvalue weighted by atomic mass is 9.84. The fraction of sp³-hybridized carbons (Fsp3) is 0.423. The second kappa shape index (κ2) is 10.6. The summed E-state index contributed by atoms with van der Waals surface area (Å²) in [5.41, 5.74) is 1.19. The van der Waals surface area contributed by atoms with E-state index in [0.29, 0.717) is 51.0 Å². The first kappa shape index (κ1) is 26.0. The molecule has 2 aliphatic heterocycles. The van der Waals surface area contributed by atoms with Crippen molar-refractivity contribution in [2.75, 3.05) is 26.2 Å². The van der Waals surface area contributed by atoms with E-state index in [-0.39, 0.29) is 35.3 Å². The average Bonchev–Trinajstić information content (AvgIpc) is 3.39. The average molecular weight is 535 g/mol. The van der Waals surface area contributed by atoms with Crippen molar-refractivity contribution in [3.05, 3.63) is 65.8 Å². The molecular weight excluding hydrogens is 508 g/mol. The highest BCUT2D eigenvalue weighted by molar-refractivity contribution is 5.75. The summed E-state index contributed by atoms with van der Waals surface area (Å²) in [6, 6.07) is 11.2. The number of aliphatic hydroxyl groups is 1. The summed E-state index contributed by atoms with van der Waals surface area (Å²) < 4.78 is 61.0. The Bertz CT molecular complexity index is 1260. The number of rotatable bonds is 4. The van der Waals surface area contributed by atoms with Gasteiger partial charge in [-0.25, -0.2) is 9.18 Å². The number of nitrogens with zero attached hydrogens (tertiary/aromatic N) is 4. The Morgan fingerprint density at radius 1 is 1.03 bits per heavy atom. The number of ether oxygens (including phenoxy) is 1. The fourth-order valence-corrected chi connectivity index (χ4v) is 5.02. The predicted octanol–water partition coefficient (Wildman–Crippen LogP) is 4.92. The second-order valence-electron chi connectivity index (χ2n) is 9.62. The maximum atomic E-state index is 13.7. The number of benzene rings is 2. The van der Waals surface area contributed by atoms with Gasteiger partial charge >= 0.3 is 12.4 Å². The van der Waals surface area contributed by atoms with E-state index in [1.807, 2.05) is 0 Å². The highest BCUT2D eigenvalue weighted by atomic mass is 19.4. The monoisotopic (exact) mass is 534 g/mol. The maximum Gasteiger partial charge on any atom is 0.573 e. The zero-order chi connectivity index (χ0) is 26.9. The first-order chi connectivity index (χ1) is 18.1. The van der Waals surface area contributed by atoms with Crippen LogP contribution in [0, 0.1) is 5.82 Å². The van der Waals surface area contributed by atoms with Gasteiger partial charge in [0.25, 0.3) is 0 Å². The summed E-state index contributed by atoms with van der Waals surface area (Å²) in [4.78, 5) is 21.3. The maximum absolute atomic E-state index is 13.7. The van der Waals surface area contributed by atoms with Crippen LogP contribution in [0.25, 0.3) is 11.4 Å². The number of aliphatic hydroxyl groups excluding tert-OH is 1. The van der Waals surface area contributed by atoms with E-state index in [1.165, 1.54) is 24.3 Å². The van der Waals surface area contributed by atoms with E-state index < -0.39 is 18.3 Å². The summed E-state index contributed by atoms with van der Waals surface area (Å²) in [6.45, 7) is 1.51. The van der Waals surface area contributed by atoms with Crippen molar-refractivity contribution >= 4 is 6.03 Å². The Hall–Kier alpha value is -3.67. The van der Waals surface area contributed by atoms with Gasteiger partial charge in [-0.15, -0.1) is 13.2 Å². The van der Waals surface area contributed by atoms with Crippen LogP contribution < -0.4 is 4.74 Å². The molecule has 0 aliphatic carbocycles. The van der Waals surface area contributed by atoms with Crippen molar-refractivity contribution in [3.8, 4) is 17.1 Å². The third-order valence-electron chi connectivity index (χ3n) is 6.91. The number of piperidine rings is 2. The van der Waals surface area contributed by atoms with Crippen LogP contribution in [0.3, 0.4) is 0 Å². The SMILES string of the molecule is O=C(N1CCC(O)CC1)N1C[C@H](c2ccc(OC(F)(F)F)cc2)C[C@H](c2nc(-c3cccc(F)c3)no2)C1. The molecule has 5 rings (SSSR count). The van der Waals surface area contributed by atoms with Gasteiger partial charge in [-0.1, -0.05) is 29.4 Å². The Morgan fingerprint density at radius 3 is 2.42 bits per heavy atom. The number of carbonyl (C=O) groups is 1. The van der Waals surface area contributed by atoms with Crippen LogP contribution in [0.5, 0.6) is 5.75 Å². The van der Waals surface area contributed by atoms with Gasteiger partial charge in [-0.3, -0.25) is 0 Å². The van der Waals surface area contributed by atoms with E-state index >= 15 is 0 Å². The molecule has 0 bridgehead atoms. The van der Waals surface area contributed by atoms with Gasteiger partial charge in [0, 0.05) is 37.7 Å². The van der Waals surface area contributed by atoms with Gasteiger partial charge in [0.2, 0.25) is 11.7 Å². The molecule has 2 aliphatic rings. The molecule has 202 valence electrons. The van der Waals surface area contributed by atoms with Crippen LogP contribution in [-0.4, -0.2) is 69.7 Å². The fourth-order valence-electron chi connectivity index (χ4n) is 5.02. The minimum Gasteiger partial charge on any atom is -0.406 e. The summed E-state index contributed by atoms with van der Waals surface area (Å²) in [5.74, 6) is -0.833. The van der Waals surface area contributed by atoms with Crippen molar-refractivity contribution in [2.45, 2.75) is 43.6 Å². The normalized spacial score (nSPS) is 21.0. The lowest BCUT2D eigenvalue weighted by molar-refractivity contribution is -0.274. The number of halogens is 4. The molecule has 1 aromatic heterocycles. The summed E-state index contributed by atoms with van der Waals surface area (Å²) in [7, 11) is 0. The van der Waals surface area contributed by atoms with Gasteiger partial charge in [0.15, 0.2) is 0 Å². The highest BCUT2D eigenvalue weighted by Crippen LogP contribution is 2.37. The minimum atomic E-state index is -4.79. The van der Waals surface area contributed by atoms with E-state index in [4.69, 9.17) is 4.52 Å². The standard InChI is InChI=1S/C26H26F4N4O4/c27-20-3-1-2-17(13-20)23-31-24(38-32-23)19-12-18(16-4-6-22(7-5-16)37-26(28,29)30)14-34(15-19)25(36)33-10-8-21(35)9-11-33/h1-7,13,18-19,21,35H,8-12,14-15H2/t18-,19+/m1/s1. The van der Waals surface area contributed by atoms with Crippen molar-refractivity contribution in [1.82, 2.24) is 19.9 Å². The molecule has 3 heterocycles. The summed E-state index contributed by atoms with van der Waals surface area (Å²) in [6.07, 6.45) is -3.73. The molecule has 0 spiro atoms. The van der Waals surface area contributed by atoms with Crippen molar-refractivity contribution in [2.24, 2.45) is 0 Å². The number of urea groups is 1. The largest absolute Gasteiger partial charge is 0.573 e. The first-order valence-electron chi connectivity index (χ1n) is 12.3. The number of likely N-dealkylation sites (tertiary alicyclic amines) is 2. The van der Waals surface area contributed by atoms with Crippen LogP contribution in [0.2, 0.25) is 0 Å². The van der Waals surface area contributed by atoms with Crippen LogP contribution in [0.4, 0.5) is 22.4 Å². The zero-order valence-corrected chi connectivity index (χ0v) is 20.3. The number of hydrogen-bond donors (Lipinski definition) is 1. The van der Waals surface area contributed by atoms with Crippen molar-refractivity contribution in [3.63, 3.8) is 0 Å². The van der Waals surface area contributed by atoms with Gasteiger partial charge in [0.1, 0.15) is 11.6 Å². The molecule has 0 unspecified atom stereocenters. The lowest BCUT2D eigenvalue weighted by Gasteiger charge is -2.40. The lowest BCUT2D eigenvalue weighted by Crippen LogP contribution is -2.51. The molecule has 2 atom stereocenters. The quantitative estimate of drug-likeness (QED) is 0.478. The number of hydrogen-bond acceptors (Lipinski definition) is 6. The van der Waals surface area contributed by atoms with E-state index in [1.54, 1.807) is 34.1 Å². The third-order valence-corrected chi connectivity index (χ3v) is 6.91. The number of aromatic nitrogens is 2. The van der Waals surface area contributed by atoms with E-state index in [9.17, 15) is 27.5 Å². The molecule has 0 saturated carbocycles. The number of carbonyl (C=O) groups excluding carboxylic acids is 1. The molecule has 38 heavy (non-hydrogen) atoms. The first-order valence-corrected chi connectivity index (χ1v) is 12.3. The van der Waals surface area contributed by atoms with Crippen LogP contribution >= 0.6 is 0 Å². The predicted molar refractivity (Wildman–Crippen MR) is 127 cm³/mol.